The molecule has 0 amide bonds. The maximum atomic E-state index is 11.0. The van der Waals surface area contributed by atoms with Gasteiger partial charge in [0, 0.05) is 0 Å². The molecule has 1 unspecified atom stereocenters. The normalized spacial score (nSPS) is 12.5. The van der Waals surface area contributed by atoms with Gasteiger partial charge in [-0.1, -0.05) is 18.5 Å². The second-order valence-electron chi connectivity index (χ2n) is 2.69. The third-order valence-corrected chi connectivity index (χ3v) is 1.99. The Morgan fingerprint density at radius 2 is 2.46 bits per heavy atom. The van der Waals surface area contributed by atoms with Gasteiger partial charge < -0.3 is 9.72 Å². The summed E-state index contributed by atoms with van der Waals surface area (Å²) in [6.45, 7) is 3.87. The Morgan fingerprint density at radius 3 is 3.08 bits per heavy atom. The van der Waals surface area contributed by atoms with Crippen molar-refractivity contribution >= 4 is 11.6 Å². The molecule has 1 rings (SSSR count). The van der Waals surface area contributed by atoms with E-state index in [9.17, 15) is 4.79 Å². The van der Waals surface area contributed by atoms with E-state index in [2.05, 4.69) is 9.97 Å². The van der Waals surface area contributed by atoms with E-state index in [0.29, 0.717) is 0 Å². The van der Waals surface area contributed by atoms with Gasteiger partial charge in [-0.05, 0) is 13.3 Å². The minimum absolute atomic E-state index is 0.00259. The van der Waals surface area contributed by atoms with Crippen LogP contribution in [0.2, 0.25) is 5.02 Å². The first-order chi connectivity index (χ1) is 6.15. The number of aromatic nitrogens is 2. The molecule has 5 heteroatoms. The minimum Gasteiger partial charge on any atom is -0.473 e. The lowest BCUT2D eigenvalue weighted by molar-refractivity contribution is 0.208. The van der Waals surface area contributed by atoms with E-state index in [1.54, 1.807) is 0 Å². The number of ether oxygens (including phenoxy) is 1. The van der Waals surface area contributed by atoms with E-state index >= 15 is 0 Å². The molecule has 0 bridgehead atoms. The van der Waals surface area contributed by atoms with E-state index in [4.69, 9.17) is 16.3 Å². The Balaban J connectivity index is 2.89. The van der Waals surface area contributed by atoms with E-state index in [1.165, 1.54) is 6.33 Å². The lowest BCUT2D eigenvalue weighted by Gasteiger charge is -2.11. The fraction of sp³-hybridized carbons (Fsp3) is 0.500. The van der Waals surface area contributed by atoms with Gasteiger partial charge in [-0.2, -0.15) is 0 Å². The average molecular weight is 203 g/mol. The maximum Gasteiger partial charge on any atom is 0.273 e. The number of nitrogens with zero attached hydrogens (tertiary/aromatic N) is 1. The van der Waals surface area contributed by atoms with Crippen molar-refractivity contribution in [2.24, 2.45) is 0 Å². The summed E-state index contributed by atoms with van der Waals surface area (Å²) in [6, 6.07) is 0. The zero-order valence-electron chi connectivity index (χ0n) is 7.50. The zero-order chi connectivity index (χ0) is 9.84. The summed E-state index contributed by atoms with van der Waals surface area (Å²) >= 11 is 5.66. The van der Waals surface area contributed by atoms with Gasteiger partial charge in [-0.3, -0.25) is 4.79 Å². The summed E-state index contributed by atoms with van der Waals surface area (Å²) in [7, 11) is 0. The summed E-state index contributed by atoms with van der Waals surface area (Å²) in [6.07, 6.45) is 2.11. The molecule has 1 aromatic rings. The molecule has 0 aliphatic carbocycles. The first-order valence-corrected chi connectivity index (χ1v) is 4.42. The predicted octanol–water partition coefficient (Wildman–Crippen LogP) is 1.60. The van der Waals surface area contributed by atoms with Crippen LogP contribution in [-0.4, -0.2) is 16.1 Å². The van der Waals surface area contributed by atoms with Crippen LogP contribution in [0.3, 0.4) is 0 Å². The molecule has 0 aliphatic rings. The van der Waals surface area contributed by atoms with Crippen molar-refractivity contribution in [3.05, 3.63) is 21.7 Å². The van der Waals surface area contributed by atoms with Crippen LogP contribution in [0.1, 0.15) is 20.3 Å². The monoisotopic (exact) mass is 202 g/mol. The molecule has 0 saturated heterocycles. The Morgan fingerprint density at radius 1 is 1.77 bits per heavy atom. The lowest BCUT2D eigenvalue weighted by Crippen LogP contribution is -2.15. The average Bonchev–Trinajstić information content (AvgIpc) is 2.13. The topological polar surface area (TPSA) is 55.0 Å². The summed E-state index contributed by atoms with van der Waals surface area (Å²) in [5, 5.41) is 0.00259. The number of nitrogens with one attached hydrogen (secondary N) is 1. The van der Waals surface area contributed by atoms with E-state index < -0.39 is 0 Å². The van der Waals surface area contributed by atoms with Gasteiger partial charge in [0.05, 0.1) is 12.4 Å². The fourth-order valence-electron chi connectivity index (χ4n) is 0.723. The van der Waals surface area contributed by atoms with Crippen molar-refractivity contribution in [2.45, 2.75) is 26.4 Å². The fourth-order valence-corrected chi connectivity index (χ4v) is 0.871. The Hall–Kier alpha value is -1.03. The summed E-state index contributed by atoms with van der Waals surface area (Å²) in [5.74, 6) is 0.194. The van der Waals surface area contributed by atoms with Gasteiger partial charge in [0.25, 0.3) is 5.56 Å². The number of halogens is 1. The molecule has 1 atom stereocenters. The molecule has 0 fully saturated rings. The summed E-state index contributed by atoms with van der Waals surface area (Å²) < 4.78 is 5.31. The number of H-pyrrole nitrogens is 1. The van der Waals surface area contributed by atoms with Crippen LogP contribution in [-0.2, 0) is 0 Å². The van der Waals surface area contributed by atoms with Crippen LogP contribution in [0, 0.1) is 0 Å². The van der Waals surface area contributed by atoms with E-state index in [-0.39, 0.29) is 22.6 Å². The molecule has 0 spiro atoms. The smallest absolute Gasteiger partial charge is 0.273 e. The zero-order valence-corrected chi connectivity index (χ0v) is 8.26. The molecule has 0 saturated carbocycles. The van der Waals surface area contributed by atoms with Crippen LogP contribution < -0.4 is 10.3 Å². The van der Waals surface area contributed by atoms with Crippen molar-refractivity contribution in [3.8, 4) is 5.88 Å². The van der Waals surface area contributed by atoms with Crippen molar-refractivity contribution in [1.82, 2.24) is 9.97 Å². The van der Waals surface area contributed by atoms with Gasteiger partial charge in [0.2, 0.25) is 5.88 Å². The minimum atomic E-state index is -0.380. The SMILES string of the molecule is CCC(C)Oc1nc[nH]c(=O)c1Cl. The summed E-state index contributed by atoms with van der Waals surface area (Å²) in [4.78, 5) is 17.2. The molecule has 1 N–H and O–H groups in total. The van der Waals surface area contributed by atoms with Gasteiger partial charge in [0.15, 0.2) is 5.02 Å². The molecular weight excluding hydrogens is 192 g/mol. The highest BCUT2D eigenvalue weighted by atomic mass is 35.5. The summed E-state index contributed by atoms with van der Waals surface area (Å²) in [5.41, 5.74) is -0.380. The Kier molecular flexibility index (Phi) is 3.31. The first kappa shape index (κ1) is 10.1. The standard InChI is InChI=1S/C8H11ClN2O2/c1-3-5(2)13-8-6(9)7(12)10-4-11-8/h4-5H,3H2,1-2H3,(H,10,11,12). The third-order valence-electron chi connectivity index (χ3n) is 1.65. The largest absolute Gasteiger partial charge is 0.473 e. The Labute approximate surface area is 80.9 Å². The van der Waals surface area contributed by atoms with Crippen LogP contribution in [0.4, 0.5) is 0 Å². The second kappa shape index (κ2) is 4.28. The van der Waals surface area contributed by atoms with Crippen LogP contribution in [0.15, 0.2) is 11.1 Å². The first-order valence-electron chi connectivity index (χ1n) is 4.05. The number of aromatic amines is 1. The van der Waals surface area contributed by atoms with Gasteiger partial charge in [-0.15, -0.1) is 0 Å². The molecular formula is C8H11ClN2O2. The number of hydrogen-bond donors (Lipinski definition) is 1. The molecule has 1 heterocycles. The predicted molar refractivity (Wildman–Crippen MR) is 50.2 cm³/mol. The van der Waals surface area contributed by atoms with Gasteiger partial charge >= 0.3 is 0 Å². The van der Waals surface area contributed by atoms with Gasteiger partial charge in [-0.25, -0.2) is 4.98 Å². The lowest BCUT2D eigenvalue weighted by atomic mass is 10.3. The van der Waals surface area contributed by atoms with Crippen LogP contribution in [0.25, 0.3) is 0 Å². The van der Waals surface area contributed by atoms with Crippen LogP contribution in [0.5, 0.6) is 5.88 Å². The highest BCUT2D eigenvalue weighted by Gasteiger charge is 2.09. The molecule has 13 heavy (non-hydrogen) atoms. The quantitative estimate of drug-likeness (QED) is 0.810. The van der Waals surface area contributed by atoms with Crippen molar-refractivity contribution < 1.29 is 4.74 Å². The van der Waals surface area contributed by atoms with Gasteiger partial charge in [0.1, 0.15) is 0 Å². The molecule has 0 aliphatic heterocycles. The molecule has 1 aromatic heterocycles. The molecule has 4 nitrogen and oxygen atoms in total. The molecule has 72 valence electrons. The van der Waals surface area contributed by atoms with Crippen molar-refractivity contribution in [2.75, 3.05) is 0 Å². The van der Waals surface area contributed by atoms with Crippen LogP contribution >= 0.6 is 11.6 Å². The highest BCUT2D eigenvalue weighted by Crippen LogP contribution is 2.17. The molecule has 0 radical (unpaired) electrons. The van der Waals surface area contributed by atoms with Crippen molar-refractivity contribution in [1.29, 1.82) is 0 Å². The molecule has 0 aromatic carbocycles. The van der Waals surface area contributed by atoms with E-state index in [1.807, 2.05) is 13.8 Å². The van der Waals surface area contributed by atoms with Crippen molar-refractivity contribution in [3.63, 3.8) is 0 Å². The second-order valence-corrected chi connectivity index (χ2v) is 3.07. The highest BCUT2D eigenvalue weighted by molar-refractivity contribution is 6.31. The maximum absolute atomic E-state index is 11.0. The third kappa shape index (κ3) is 2.45. The number of rotatable bonds is 3. The number of hydrogen-bond acceptors (Lipinski definition) is 3. The Bertz CT molecular complexity index is 337. The van der Waals surface area contributed by atoms with E-state index in [0.717, 1.165) is 6.42 Å².